The smallest absolute Gasteiger partial charge is 0.310 e. The van der Waals surface area contributed by atoms with Crippen LogP contribution in [0.15, 0.2) is 59.8 Å². The number of hydrogen-bond acceptors (Lipinski definition) is 6. The molecule has 1 aromatic heterocycles. The van der Waals surface area contributed by atoms with Gasteiger partial charge in [0.15, 0.2) is 0 Å². The van der Waals surface area contributed by atoms with Crippen LogP contribution in [0.5, 0.6) is 0 Å². The van der Waals surface area contributed by atoms with E-state index >= 15 is 0 Å². The number of pyridine rings is 1. The van der Waals surface area contributed by atoms with Gasteiger partial charge < -0.3 is 4.74 Å². The first-order valence-electron chi connectivity index (χ1n) is 9.53. The van der Waals surface area contributed by atoms with Gasteiger partial charge in [0.2, 0.25) is 0 Å². The third kappa shape index (κ3) is 5.61. The molecular formula is C22H25NO3S2. The van der Waals surface area contributed by atoms with Crippen LogP contribution in [0, 0.1) is 17.8 Å². The Bertz CT molecular complexity index is 783. The zero-order valence-corrected chi connectivity index (χ0v) is 17.7. The highest BCUT2D eigenvalue weighted by Gasteiger charge is 2.44. The summed E-state index contributed by atoms with van der Waals surface area (Å²) in [5.74, 6) is -0.798. The van der Waals surface area contributed by atoms with Crippen molar-refractivity contribution in [2.45, 2.75) is 43.6 Å². The van der Waals surface area contributed by atoms with Crippen LogP contribution in [0.4, 0.5) is 0 Å². The molecule has 0 aliphatic heterocycles. The van der Waals surface area contributed by atoms with Crippen LogP contribution in [-0.2, 0) is 20.9 Å². The maximum absolute atomic E-state index is 12.8. The van der Waals surface area contributed by atoms with Crippen molar-refractivity contribution in [2.75, 3.05) is 0 Å². The van der Waals surface area contributed by atoms with Gasteiger partial charge in [0.25, 0.3) is 0 Å². The summed E-state index contributed by atoms with van der Waals surface area (Å²) in [6, 6.07) is 15.5. The van der Waals surface area contributed by atoms with Gasteiger partial charge >= 0.3 is 5.97 Å². The molecule has 4 nitrogen and oxygen atoms in total. The van der Waals surface area contributed by atoms with Crippen molar-refractivity contribution in [1.82, 2.24) is 4.98 Å². The van der Waals surface area contributed by atoms with Crippen molar-refractivity contribution in [3.05, 3.63) is 60.3 Å². The fourth-order valence-electron chi connectivity index (χ4n) is 3.42. The topological polar surface area (TPSA) is 56.3 Å². The van der Waals surface area contributed by atoms with Crippen LogP contribution >= 0.6 is 21.6 Å². The normalized spacial score (nSPS) is 21.6. The Kier molecular flexibility index (Phi) is 7.57. The van der Waals surface area contributed by atoms with Gasteiger partial charge in [0, 0.05) is 23.3 Å². The second-order valence-corrected chi connectivity index (χ2v) is 9.83. The van der Waals surface area contributed by atoms with E-state index < -0.39 is 0 Å². The van der Waals surface area contributed by atoms with Gasteiger partial charge in [0.1, 0.15) is 17.4 Å². The van der Waals surface area contributed by atoms with E-state index in [1.165, 1.54) is 0 Å². The van der Waals surface area contributed by atoms with Crippen LogP contribution in [0.2, 0.25) is 0 Å². The van der Waals surface area contributed by atoms with E-state index in [2.05, 4.69) is 4.98 Å². The van der Waals surface area contributed by atoms with Gasteiger partial charge in [-0.3, -0.25) is 9.59 Å². The van der Waals surface area contributed by atoms with Crippen LogP contribution < -0.4 is 0 Å². The summed E-state index contributed by atoms with van der Waals surface area (Å²) in [5, 5.41) is 1.17. The first kappa shape index (κ1) is 20.9. The lowest BCUT2D eigenvalue weighted by Crippen LogP contribution is -2.29. The summed E-state index contributed by atoms with van der Waals surface area (Å²) < 4.78 is 5.56. The molecule has 0 saturated heterocycles. The van der Waals surface area contributed by atoms with E-state index in [0.29, 0.717) is 12.8 Å². The first-order valence-corrected chi connectivity index (χ1v) is 11.7. The number of ether oxygens (including phenoxy) is 1. The maximum atomic E-state index is 12.8. The van der Waals surface area contributed by atoms with Crippen LogP contribution in [-0.4, -0.2) is 22.0 Å². The van der Waals surface area contributed by atoms with E-state index in [4.69, 9.17) is 4.74 Å². The van der Waals surface area contributed by atoms with Crippen molar-refractivity contribution in [3.8, 4) is 0 Å². The predicted octanol–water partition coefficient (Wildman–Crippen LogP) is 5.19. The Morgan fingerprint density at radius 2 is 1.79 bits per heavy atom. The molecule has 1 aliphatic carbocycles. The Morgan fingerprint density at radius 3 is 2.46 bits per heavy atom. The maximum Gasteiger partial charge on any atom is 0.310 e. The zero-order chi connectivity index (χ0) is 19.9. The SMILES string of the molecule is CC(C)C(=O)C1CC(SSc2ccccn2)CC1C(=O)OCc1ccccc1. The van der Waals surface area contributed by atoms with E-state index in [1.807, 2.05) is 62.4 Å². The average Bonchev–Trinajstić information content (AvgIpc) is 3.15. The number of carbonyl (C=O) groups is 2. The molecule has 1 saturated carbocycles. The van der Waals surface area contributed by atoms with Gasteiger partial charge in [0.05, 0.1) is 5.92 Å². The molecule has 148 valence electrons. The number of benzene rings is 1. The molecule has 0 N–H and O–H groups in total. The van der Waals surface area contributed by atoms with Gasteiger partial charge in [-0.2, -0.15) is 0 Å². The standard InChI is InChI=1S/C22H25NO3S2/c1-15(2)21(24)18-12-17(27-28-20-10-6-7-11-23-20)13-19(18)22(25)26-14-16-8-4-3-5-9-16/h3-11,15,17-19H,12-14H2,1-2H3. The highest BCUT2D eigenvalue weighted by atomic mass is 33.1. The Balaban J connectivity index is 1.62. The largest absolute Gasteiger partial charge is 0.461 e. The average molecular weight is 416 g/mol. The van der Waals surface area contributed by atoms with Crippen molar-refractivity contribution in [1.29, 1.82) is 0 Å². The molecule has 0 bridgehead atoms. The fourth-order valence-corrected chi connectivity index (χ4v) is 5.94. The van der Waals surface area contributed by atoms with Gasteiger partial charge in [-0.25, -0.2) is 4.98 Å². The molecule has 6 heteroatoms. The molecule has 1 fully saturated rings. The Hall–Kier alpha value is -1.79. The van der Waals surface area contributed by atoms with E-state index in [1.54, 1.807) is 27.8 Å². The second kappa shape index (κ2) is 10.1. The summed E-state index contributed by atoms with van der Waals surface area (Å²) in [6.45, 7) is 4.05. The monoisotopic (exact) mass is 415 g/mol. The molecule has 3 unspecified atom stereocenters. The number of rotatable bonds is 8. The molecular weight excluding hydrogens is 390 g/mol. The molecule has 0 spiro atoms. The number of aromatic nitrogens is 1. The summed E-state index contributed by atoms with van der Waals surface area (Å²) in [6.07, 6.45) is 3.15. The van der Waals surface area contributed by atoms with E-state index in [9.17, 15) is 9.59 Å². The van der Waals surface area contributed by atoms with Crippen LogP contribution in [0.25, 0.3) is 0 Å². The summed E-state index contributed by atoms with van der Waals surface area (Å²) in [7, 11) is 3.31. The lowest BCUT2D eigenvalue weighted by atomic mass is 9.87. The Morgan fingerprint density at radius 1 is 1.07 bits per heavy atom. The summed E-state index contributed by atoms with van der Waals surface area (Å²) in [4.78, 5) is 29.8. The van der Waals surface area contributed by atoms with E-state index in [0.717, 1.165) is 10.6 Å². The number of carbonyl (C=O) groups excluding carboxylic acids is 2. The van der Waals surface area contributed by atoms with Crippen molar-refractivity contribution >= 4 is 33.3 Å². The Labute approximate surface area is 174 Å². The molecule has 0 amide bonds. The van der Waals surface area contributed by atoms with Crippen molar-refractivity contribution in [3.63, 3.8) is 0 Å². The third-order valence-electron chi connectivity index (χ3n) is 4.89. The quantitative estimate of drug-likeness (QED) is 0.437. The lowest BCUT2D eigenvalue weighted by molar-refractivity contribution is -0.153. The number of nitrogens with zero attached hydrogens (tertiary/aromatic N) is 1. The first-order chi connectivity index (χ1) is 13.5. The predicted molar refractivity (Wildman–Crippen MR) is 114 cm³/mol. The highest BCUT2D eigenvalue weighted by molar-refractivity contribution is 8.76. The zero-order valence-electron chi connectivity index (χ0n) is 16.1. The number of hydrogen-bond donors (Lipinski definition) is 0. The molecule has 28 heavy (non-hydrogen) atoms. The van der Waals surface area contributed by atoms with Gasteiger partial charge in [-0.05, 0) is 41.3 Å². The molecule has 1 aromatic carbocycles. The van der Waals surface area contributed by atoms with E-state index in [-0.39, 0.29) is 41.4 Å². The van der Waals surface area contributed by atoms with Gasteiger partial charge in [-0.1, -0.05) is 61.0 Å². The van der Waals surface area contributed by atoms with Crippen LogP contribution in [0.1, 0.15) is 32.3 Å². The third-order valence-corrected chi connectivity index (χ3v) is 7.67. The molecule has 1 heterocycles. The van der Waals surface area contributed by atoms with Crippen LogP contribution in [0.3, 0.4) is 0 Å². The molecule has 3 atom stereocenters. The second-order valence-electron chi connectivity index (χ2n) is 7.30. The minimum Gasteiger partial charge on any atom is -0.461 e. The number of ketones is 1. The lowest BCUT2D eigenvalue weighted by Gasteiger charge is -2.19. The molecule has 2 aromatic rings. The number of esters is 1. The highest BCUT2D eigenvalue weighted by Crippen LogP contribution is 2.46. The molecule has 0 radical (unpaired) electrons. The fraction of sp³-hybridized carbons (Fsp3) is 0.409. The number of Topliss-reactive ketones (excluding diaryl/α,β-unsaturated/α-hetero) is 1. The van der Waals surface area contributed by atoms with Crippen molar-refractivity contribution < 1.29 is 14.3 Å². The molecule has 3 rings (SSSR count). The minimum atomic E-state index is -0.361. The van der Waals surface area contributed by atoms with Crippen molar-refractivity contribution in [2.24, 2.45) is 17.8 Å². The summed E-state index contributed by atoms with van der Waals surface area (Å²) in [5.41, 5.74) is 0.956. The minimum absolute atomic E-state index is 0.0818. The molecule has 1 aliphatic rings. The van der Waals surface area contributed by atoms with Gasteiger partial charge in [-0.15, -0.1) is 0 Å². The summed E-state index contributed by atoms with van der Waals surface area (Å²) >= 11 is 0.